The largest absolute Gasteiger partial charge is 0.0835 e. The van der Waals surface area contributed by atoms with Crippen LogP contribution < -0.4 is 0 Å². The molecule has 1 atom stereocenters. The molecule has 0 aliphatic heterocycles. The SMILES string of the molecule is BrC1CC=C1c1ccccc1. The first-order chi connectivity index (χ1) is 5.38. The molecule has 2 rings (SSSR count). The van der Waals surface area contributed by atoms with Crippen LogP contribution in [0.15, 0.2) is 36.4 Å². The van der Waals surface area contributed by atoms with Crippen molar-refractivity contribution in [2.45, 2.75) is 11.2 Å². The first-order valence-electron chi connectivity index (χ1n) is 3.77. The van der Waals surface area contributed by atoms with E-state index in [9.17, 15) is 0 Å². The summed E-state index contributed by atoms with van der Waals surface area (Å²) in [6.07, 6.45) is 3.44. The van der Waals surface area contributed by atoms with E-state index in [0.717, 1.165) is 0 Å². The highest BCUT2D eigenvalue weighted by Crippen LogP contribution is 2.34. The summed E-state index contributed by atoms with van der Waals surface area (Å²) in [5.74, 6) is 0. The summed E-state index contributed by atoms with van der Waals surface area (Å²) in [5, 5.41) is 0. The standard InChI is InChI=1S/C10H9Br/c11-10-7-6-9(10)8-4-2-1-3-5-8/h1-6,10H,7H2. The van der Waals surface area contributed by atoms with Gasteiger partial charge in [0.2, 0.25) is 0 Å². The third kappa shape index (κ3) is 1.25. The van der Waals surface area contributed by atoms with Gasteiger partial charge in [-0.2, -0.15) is 0 Å². The molecule has 0 saturated heterocycles. The van der Waals surface area contributed by atoms with E-state index in [1.807, 2.05) is 6.07 Å². The summed E-state index contributed by atoms with van der Waals surface area (Å²) >= 11 is 3.59. The number of allylic oxidation sites excluding steroid dienone is 2. The van der Waals surface area contributed by atoms with Crippen molar-refractivity contribution in [3.05, 3.63) is 42.0 Å². The molecule has 0 saturated carbocycles. The Kier molecular flexibility index (Phi) is 1.82. The van der Waals surface area contributed by atoms with E-state index in [1.165, 1.54) is 17.6 Å². The Morgan fingerprint density at radius 1 is 1.18 bits per heavy atom. The molecule has 0 radical (unpaired) electrons. The molecule has 0 aromatic heterocycles. The lowest BCUT2D eigenvalue weighted by atomic mass is 9.92. The van der Waals surface area contributed by atoms with Crippen LogP contribution in [0.3, 0.4) is 0 Å². The molecule has 0 N–H and O–H groups in total. The molecule has 0 nitrogen and oxygen atoms in total. The average molecular weight is 209 g/mol. The van der Waals surface area contributed by atoms with Gasteiger partial charge in [-0.05, 0) is 17.6 Å². The van der Waals surface area contributed by atoms with Crippen LogP contribution in [-0.2, 0) is 0 Å². The summed E-state index contributed by atoms with van der Waals surface area (Å²) in [6, 6.07) is 10.5. The van der Waals surface area contributed by atoms with Crippen LogP contribution in [0.4, 0.5) is 0 Å². The van der Waals surface area contributed by atoms with Gasteiger partial charge < -0.3 is 0 Å². The number of hydrogen-bond acceptors (Lipinski definition) is 0. The minimum atomic E-state index is 0.588. The summed E-state index contributed by atoms with van der Waals surface area (Å²) < 4.78 is 0. The predicted molar refractivity (Wildman–Crippen MR) is 51.8 cm³/mol. The van der Waals surface area contributed by atoms with Gasteiger partial charge in [0, 0.05) is 4.83 Å². The molecular formula is C10H9Br. The highest BCUT2D eigenvalue weighted by molar-refractivity contribution is 9.09. The molecular weight excluding hydrogens is 200 g/mol. The maximum atomic E-state index is 3.59. The van der Waals surface area contributed by atoms with E-state index < -0.39 is 0 Å². The Labute approximate surface area is 75.1 Å². The summed E-state index contributed by atoms with van der Waals surface area (Å²) in [4.78, 5) is 0.588. The third-order valence-electron chi connectivity index (χ3n) is 1.99. The second kappa shape index (κ2) is 2.82. The van der Waals surface area contributed by atoms with E-state index in [2.05, 4.69) is 46.3 Å². The van der Waals surface area contributed by atoms with Crippen molar-refractivity contribution in [3.63, 3.8) is 0 Å². The Morgan fingerprint density at radius 2 is 1.91 bits per heavy atom. The molecule has 1 aliphatic carbocycles. The Morgan fingerprint density at radius 3 is 2.36 bits per heavy atom. The van der Waals surface area contributed by atoms with Crippen molar-refractivity contribution < 1.29 is 0 Å². The Bertz CT molecular complexity index is 274. The third-order valence-corrected chi connectivity index (χ3v) is 2.86. The van der Waals surface area contributed by atoms with E-state index in [-0.39, 0.29) is 0 Å². The second-order valence-electron chi connectivity index (χ2n) is 2.73. The molecule has 1 heteroatoms. The number of halogens is 1. The molecule has 1 aromatic carbocycles. The molecule has 0 spiro atoms. The first-order valence-corrected chi connectivity index (χ1v) is 4.69. The number of hydrogen-bond donors (Lipinski definition) is 0. The zero-order valence-corrected chi connectivity index (χ0v) is 7.71. The van der Waals surface area contributed by atoms with Crippen LogP contribution in [0.5, 0.6) is 0 Å². The van der Waals surface area contributed by atoms with E-state index in [0.29, 0.717) is 4.83 Å². The molecule has 1 unspecified atom stereocenters. The van der Waals surface area contributed by atoms with Gasteiger partial charge in [0.05, 0.1) is 0 Å². The first kappa shape index (κ1) is 7.11. The summed E-state index contributed by atoms with van der Waals surface area (Å²) in [6.45, 7) is 0. The molecule has 1 aliphatic rings. The highest BCUT2D eigenvalue weighted by atomic mass is 79.9. The van der Waals surface area contributed by atoms with Crippen molar-refractivity contribution in [1.82, 2.24) is 0 Å². The number of alkyl halides is 1. The Hall–Kier alpha value is -0.560. The normalized spacial score (nSPS) is 22.3. The molecule has 0 bridgehead atoms. The van der Waals surface area contributed by atoms with Crippen molar-refractivity contribution >= 4 is 21.5 Å². The minimum absolute atomic E-state index is 0.588. The van der Waals surface area contributed by atoms with Gasteiger partial charge in [0.25, 0.3) is 0 Å². The van der Waals surface area contributed by atoms with Crippen LogP contribution in [0, 0.1) is 0 Å². The van der Waals surface area contributed by atoms with E-state index >= 15 is 0 Å². The summed E-state index contributed by atoms with van der Waals surface area (Å²) in [7, 11) is 0. The fraction of sp³-hybridized carbons (Fsp3) is 0.200. The Balaban J connectivity index is 2.31. The van der Waals surface area contributed by atoms with Gasteiger partial charge in [0.1, 0.15) is 0 Å². The summed E-state index contributed by atoms with van der Waals surface area (Å²) in [5.41, 5.74) is 2.78. The van der Waals surface area contributed by atoms with Crippen LogP contribution in [0.1, 0.15) is 12.0 Å². The van der Waals surface area contributed by atoms with E-state index in [1.54, 1.807) is 0 Å². The predicted octanol–water partition coefficient (Wildman–Crippen LogP) is 3.24. The van der Waals surface area contributed by atoms with Crippen molar-refractivity contribution in [1.29, 1.82) is 0 Å². The van der Waals surface area contributed by atoms with Crippen LogP contribution in [0.2, 0.25) is 0 Å². The fourth-order valence-corrected chi connectivity index (χ4v) is 1.89. The molecule has 0 fully saturated rings. The lowest BCUT2D eigenvalue weighted by Crippen LogP contribution is -2.09. The smallest absolute Gasteiger partial charge is 0.0432 e. The van der Waals surface area contributed by atoms with Gasteiger partial charge in [0.15, 0.2) is 0 Å². The van der Waals surface area contributed by atoms with Crippen LogP contribution in [-0.4, -0.2) is 4.83 Å². The topological polar surface area (TPSA) is 0 Å². The second-order valence-corrected chi connectivity index (χ2v) is 3.83. The lowest BCUT2D eigenvalue weighted by molar-refractivity contribution is 1.03. The fourth-order valence-electron chi connectivity index (χ4n) is 1.25. The maximum Gasteiger partial charge on any atom is 0.0432 e. The zero-order valence-electron chi connectivity index (χ0n) is 6.13. The van der Waals surface area contributed by atoms with Crippen LogP contribution >= 0.6 is 15.9 Å². The van der Waals surface area contributed by atoms with Gasteiger partial charge in [-0.3, -0.25) is 0 Å². The molecule has 56 valence electrons. The van der Waals surface area contributed by atoms with E-state index in [4.69, 9.17) is 0 Å². The molecule has 0 heterocycles. The monoisotopic (exact) mass is 208 g/mol. The van der Waals surface area contributed by atoms with Gasteiger partial charge >= 0.3 is 0 Å². The lowest BCUT2D eigenvalue weighted by Gasteiger charge is -2.21. The van der Waals surface area contributed by atoms with Crippen LogP contribution in [0.25, 0.3) is 5.57 Å². The van der Waals surface area contributed by atoms with Gasteiger partial charge in [-0.1, -0.05) is 52.3 Å². The number of benzene rings is 1. The zero-order chi connectivity index (χ0) is 7.68. The average Bonchev–Trinajstić information content (AvgIpc) is 2.04. The van der Waals surface area contributed by atoms with Gasteiger partial charge in [-0.15, -0.1) is 0 Å². The molecule has 1 aromatic rings. The maximum absolute atomic E-state index is 3.59. The minimum Gasteiger partial charge on any atom is -0.0835 e. The van der Waals surface area contributed by atoms with Crippen molar-refractivity contribution in [2.75, 3.05) is 0 Å². The molecule has 0 amide bonds. The van der Waals surface area contributed by atoms with Crippen molar-refractivity contribution in [2.24, 2.45) is 0 Å². The highest BCUT2D eigenvalue weighted by Gasteiger charge is 2.18. The number of rotatable bonds is 1. The van der Waals surface area contributed by atoms with Crippen molar-refractivity contribution in [3.8, 4) is 0 Å². The molecule has 11 heavy (non-hydrogen) atoms. The van der Waals surface area contributed by atoms with Gasteiger partial charge in [-0.25, -0.2) is 0 Å². The quantitative estimate of drug-likeness (QED) is 0.623.